The zero-order valence-electron chi connectivity index (χ0n) is 11.9. The minimum Gasteiger partial charge on any atom is -0.479 e. The highest BCUT2D eigenvalue weighted by Gasteiger charge is 2.20. The van der Waals surface area contributed by atoms with Crippen molar-refractivity contribution in [3.63, 3.8) is 0 Å². The maximum absolute atomic E-state index is 13.7. The Bertz CT molecular complexity index is 510. The summed E-state index contributed by atoms with van der Waals surface area (Å²) in [6, 6.07) is 5.22. The maximum atomic E-state index is 13.7. The van der Waals surface area contributed by atoms with E-state index >= 15 is 0 Å². The Balaban J connectivity index is 2.54. The summed E-state index contributed by atoms with van der Waals surface area (Å²) < 4.78 is 13.7. The molecule has 0 bridgehead atoms. The average Bonchev–Trinajstić information content (AvgIpc) is 2.45. The molecule has 3 N–H and O–H groups in total. The number of hydrogen-bond donors (Lipinski definition) is 3. The molecule has 0 saturated heterocycles. The fraction of sp³-hybridized carbons (Fsp3) is 0.429. The third-order valence-electron chi connectivity index (χ3n) is 3.24. The van der Waals surface area contributed by atoms with Crippen molar-refractivity contribution in [1.29, 1.82) is 0 Å². The fourth-order valence-corrected chi connectivity index (χ4v) is 1.76. The first-order valence-electron chi connectivity index (χ1n) is 6.50. The zero-order valence-corrected chi connectivity index (χ0v) is 11.9. The second-order valence-electron chi connectivity index (χ2n) is 4.68. The van der Waals surface area contributed by atoms with E-state index in [1.807, 2.05) is 0 Å². The molecule has 21 heavy (non-hydrogen) atoms. The number of halogens is 1. The SMILES string of the molecule is CC(c1ccccc1F)N(C)C(=O)NCCC(O)C(=O)O. The van der Waals surface area contributed by atoms with Crippen molar-refractivity contribution >= 4 is 12.0 Å². The fourth-order valence-electron chi connectivity index (χ4n) is 1.76. The maximum Gasteiger partial charge on any atom is 0.332 e. The van der Waals surface area contributed by atoms with E-state index in [-0.39, 0.29) is 13.0 Å². The van der Waals surface area contributed by atoms with Gasteiger partial charge in [-0.05, 0) is 13.0 Å². The van der Waals surface area contributed by atoms with Gasteiger partial charge in [0.15, 0.2) is 6.10 Å². The van der Waals surface area contributed by atoms with Crippen molar-refractivity contribution in [3.8, 4) is 0 Å². The highest BCUT2D eigenvalue weighted by Crippen LogP contribution is 2.21. The van der Waals surface area contributed by atoms with E-state index in [4.69, 9.17) is 10.2 Å². The zero-order chi connectivity index (χ0) is 16.0. The number of rotatable bonds is 6. The Morgan fingerprint density at radius 3 is 2.57 bits per heavy atom. The largest absolute Gasteiger partial charge is 0.479 e. The van der Waals surface area contributed by atoms with Crippen LogP contribution in [0.25, 0.3) is 0 Å². The molecular formula is C14H19FN2O4. The molecule has 0 aliphatic heterocycles. The quantitative estimate of drug-likeness (QED) is 0.740. The van der Waals surface area contributed by atoms with Crippen LogP contribution in [0.5, 0.6) is 0 Å². The summed E-state index contributed by atoms with van der Waals surface area (Å²) in [5.41, 5.74) is 0.390. The van der Waals surface area contributed by atoms with E-state index in [9.17, 15) is 14.0 Å². The second kappa shape index (κ2) is 7.58. The molecule has 2 atom stereocenters. The number of aliphatic hydroxyl groups excluding tert-OH is 1. The van der Waals surface area contributed by atoms with E-state index in [0.29, 0.717) is 5.56 Å². The molecule has 0 radical (unpaired) electrons. The van der Waals surface area contributed by atoms with Crippen LogP contribution in [0.1, 0.15) is 24.9 Å². The van der Waals surface area contributed by atoms with Crippen molar-refractivity contribution in [2.24, 2.45) is 0 Å². The van der Waals surface area contributed by atoms with Gasteiger partial charge in [0.1, 0.15) is 5.82 Å². The normalized spacial score (nSPS) is 13.3. The number of nitrogens with zero attached hydrogens (tertiary/aromatic N) is 1. The van der Waals surface area contributed by atoms with Crippen molar-refractivity contribution in [2.45, 2.75) is 25.5 Å². The summed E-state index contributed by atoms with van der Waals surface area (Å²) in [7, 11) is 1.51. The molecule has 2 amide bonds. The first-order chi connectivity index (χ1) is 9.84. The average molecular weight is 298 g/mol. The number of carboxylic acid groups (broad SMARTS) is 1. The van der Waals surface area contributed by atoms with Crippen LogP contribution < -0.4 is 5.32 Å². The van der Waals surface area contributed by atoms with Gasteiger partial charge >= 0.3 is 12.0 Å². The predicted octanol–water partition coefficient (Wildman–Crippen LogP) is 1.36. The van der Waals surface area contributed by atoms with Crippen LogP contribution in [0, 0.1) is 5.82 Å². The van der Waals surface area contributed by atoms with Gasteiger partial charge in [0, 0.05) is 25.6 Å². The van der Waals surface area contributed by atoms with Crippen LogP contribution in [0.4, 0.5) is 9.18 Å². The Hall–Kier alpha value is -2.15. The van der Waals surface area contributed by atoms with Crippen LogP contribution in [-0.4, -0.2) is 46.8 Å². The molecule has 0 fully saturated rings. The van der Waals surface area contributed by atoms with Crippen LogP contribution in [0.15, 0.2) is 24.3 Å². The number of hydrogen-bond acceptors (Lipinski definition) is 3. The van der Waals surface area contributed by atoms with Gasteiger partial charge in [0.25, 0.3) is 0 Å². The number of amides is 2. The summed E-state index contributed by atoms with van der Waals surface area (Å²) in [6.07, 6.45) is -1.61. The van der Waals surface area contributed by atoms with Gasteiger partial charge < -0.3 is 20.4 Å². The lowest BCUT2D eigenvalue weighted by atomic mass is 10.1. The van der Waals surface area contributed by atoms with Crippen molar-refractivity contribution in [1.82, 2.24) is 10.2 Å². The van der Waals surface area contributed by atoms with Gasteiger partial charge in [-0.2, -0.15) is 0 Å². The molecule has 116 valence electrons. The van der Waals surface area contributed by atoms with E-state index in [1.165, 1.54) is 18.0 Å². The molecule has 6 nitrogen and oxygen atoms in total. The van der Waals surface area contributed by atoms with Crippen molar-refractivity contribution in [2.75, 3.05) is 13.6 Å². The monoisotopic (exact) mass is 298 g/mol. The van der Waals surface area contributed by atoms with E-state index in [0.717, 1.165) is 0 Å². The summed E-state index contributed by atoms with van der Waals surface area (Å²) in [5.74, 6) is -1.73. The van der Waals surface area contributed by atoms with Crippen LogP contribution in [0.2, 0.25) is 0 Å². The number of benzene rings is 1. The van der Waals surface area contributed by atoms with E-state index in [2.05, 4.69) is 5.32 Å². The van der Waals surface area contributed by atoms with Crippen LogP contribution >= 0.6 is 0 Å². The lowest BCUT2D eigenvalue weighted by Gasteiger charge is -2.26. The van der Waals surface area contributed by atoms with Crippen molar-refractivity contribution < 1.29 is 24.2 Å². The summed E-state index contributed by atoms with van der Waals surface area (Å²) in [5, 5.41) is 20.1. The van der Waals surface area contributed by atoms with Gasteiger partial charge in [-0.15, -0.1) is 0 Å². The molecule has 0 spiro atoms. The molecule has 0 aliphatic rings. The minimum absolute atomic E-state index is 0.0145. The van der Waals surface area contributed by atoms with E-state index < -0.39 is 30.0 Å². The highest BCUT2D eigenvalue weighted by molar-refractivity contribution is 5.75. The molecule has 0 heterocycles. The third-order valence-corrected chi connectivity index (χ3v) is 3.24. The Labute approximate surface area is 122 Å². The standard InChI is InChI=1S/C14H19FN2O4/c1-9(10-5-3-4-6-11(10)15)17(2)14(21)16-8-7-12(18)13(19)20/h3-6,9,12,18H,7-8H2,1-2H3,(H,16,21)(H,19,20). The van der Waals surface area contributed by atoms with Crippen LogP contribution in [-0.2, 0) is 4.79 Å². The molecular weight excluding hydrogens is 279 g/mol. The topological polar surface area (TPSA) is 89.9 Å². The van der Waals surface area contributed by atoms with Gasteiger partial charge in [-0.1, -0.05) is 18.2 Å². The lowest BCUT2D eigenvalue weighted by Crippen LogP contribution is -2.40. The minimum atomic E-state index is -1.51. The molecule has 0 saturated carbocycles. The molecule has 1 aromatic carbocycles. The Kier molecular flexibility index (Phi) is 6.10. The number of urea groups is 1. The lowest BCUT2D eigenvalue weighted by molar-refractivity contribution is -0.146. The van der Waals surface area contributed by atoms with Gasteiger partial charge in [-0.25, -0.2) is 14.0 Å². The van der Waals surface area contributed by atoms with Gasteiger partial charge in [0.2, 0.25) is 0 Å². The molecule has 1 aromatic rings. The number of carboxylic acids is 1. The molecule has 7 heteroatoms. The second-order valence-corrected chi connectivity index (χ2v) is 4.68. The smallest absolute Gasteiger partial charge is 0.332 e. The van der Waals surface area contributed by atoms with Gasteiger partial charge in [0.05, 0.1) is 6.04 Å². The van der Waals surface area contributed by atoms with Crippen molar-refractivity contribution in [3.05, 3.63) is 35.6 Å². The number of carbonyl (C=O) groups excluding carboxylic acids is 1. The summed E-state index contributed by atoms with van der Waals surface area (Å²) >= 11 is 0. The Morgan fingerprint density at radius 1 is 1.38 bits per heavy atom. The number of nitrogens with one attached hydrogen (secondary N) is 1. The molecule has 2 unspecified atom stereocenters. The molecule has 0 aromatic heterocycles. The number of carbonyl (C=O) groups is 2. The highest BCUT2D eigenvalue weighted by atomic mass is 19.1. The molecule has 1 rings (SSSR count). The van der Waals surface area contributed by atoms with Gasteiger partial charge in [-0.3, -0.25) is 0 Å². The predicted molar refractivity (Wildman–Crippen MR) is 74.2 cm³/mol. The Morgan fingerprint density at radius 2 is 2.00 bits per heavy atom. The van der Waals surface area contributed by atoms with Crippen LogP contribution in [0.3, 0.4) is 0 Å². The first-order valence-corrected chi connectivity index (χ1v) is 6.50. The third kappa shape index (κ3) is 4.71. The summed E-state index contributed by atoms with van der Waals surface area (Å²) in [4.78, 5) is 23.6. The summed E-state index contributed by atoms with van der Waals surface area (Å²) in [6.45, 7) is 1.70. The van der Waals surface area contributed by atoms with E-state index in [1.54, 1.807) is 25.1 Å². The number of aliphatic hydroxyl groups is 1. The first kappa shape index (κ1) is 16.9. The molecule has 0 aliphatic carbocycles. The number of aliphatic carboxylic acids is 1.